The number of fused-ring (bicyclic) bond motifs is 2. The molecule has 0 amide bonds. The molecule has 5 rings (SSSR count). The van der Waals surface area contributed by atoms with Gasteiger partial charge in [0.2, 0.25) is 5.70 Å². The quantitative estimate of drug-likeness (QED) is 0.213. The lowest BCUT2D eigenvalue weighted by Gasteiger charge is -2.15. The first-order valence-corrected chi connectivity index (χ1v) is 13.4. The van der Waals surface area contributed by atoms with E-state index in [1.807, 2.05) is 18.2 Å². The lowest BCUT2D eigenvalue weighted by Crippen LogP contribution is -2.00. The third-order valence-electron chi connectivity index (χ3n) is 7.90. The Bertz CT molecular complexity index is 2560. The first-order valence-electron chi connectivity index (χ1n) is 13.4. The van der Waals surface area contributed by atoms with Gasteiger partial charge in [0.15, 0.2) is 5.69 Å². The van der Waals surface area contributed by atoms with E-state index in [1.54, 1.807) is 31.2 Å². The maximum Gasteiger partial charge on any atom is 0.270 e. The van der Waals surface area contributed by atoms with Gasteiger partial charge in [-0.05, 0) is 75.7 Å². The molecule has 3 aromatic rings. The van der Waals surface area contributed by atoms with Crippen molar-refractivity contribution in [1.29, 1.82) is 26.3 Å². The Kier molecular flexibility index (Phi) is 7.90. The molecule has 0 bridgehead atoms. The second-order valence-electron chi connectivity index (χ2n) is 10.1. The van der Waals surface area contributed by atoms with Gasteiger partial charge in [-0.3, -0.25) is 0 Å². The van der Waals surface area contributed by atoms with E-state index in [2.05, 4.69) is 19.4 Å². The molecule has 11 heteroatoms. The molecule has 0 fully saturated rings. The summed E-state index contributed by atoms with van der Waals surface area (Å²) in [6.07, 6.45) is -3.09. The number of benzene rings is 3. The summed E-state index contributed by atoms with van der Waals surface area (Å²) >= 11 is 0. The first-order chi connectivity index (χ1) is 23.2. The van der Waals surface area contributed by atoms with Crippen molar-refractivity contribution in [2.24, 2.45) is 0 Å². The zero-order chi connectivity index (χ0) is 34.9. The minimum Gasteiger partial charge on any atom is -0.238 e. The van der Waals surface area contributed by atoms with Crippen molar-refractivity contribution >= 4 is 39.2 Å². The minimum atomic E-state index is -3.09. The van der Waals surface area contributed by atoms with Crippen LogP contribution in [0.4, 0.5) is 14.5 Å². The fraction of sp³-hybridized carbons (Fsp3) is 0.0541. The van der Waals surface area contributed by atoms with E-state index in [-0.39, 0.29) is 78.2 Å². The smallest absolute Gasteiger partial charge is 0.238 e. The first kappa shape index (κ1) is 31.3. The van der Waals surface area contributed by atoms with Crippen molar-refractivity contribution in [2.75, 3.05) is 0 Å². The Balaban J connectivity index is 2.01. The Labute approximate surface area is 272 Å². The van der Waals surface area contributed by atoms with Crippen molar-refractivity contribution in [3.05, 3.63) is 155 Å². The number of rotatable bonds is 3. The lowest BCUT2D eigenvalue weighted by atomic mass is 9.87. The van der Waals surface area contributed by atoms with Gasteiger partial charge < -0.3 is 0 Å². The standard InChI is InChI=1S/C37H11F2N9/c1-18-6-7-20(11-27(18)45-2)31-34(28(16-43)46-3)24-12-23-25(14-41)30(19-8-9-21(13-40)22(10-19)37(38)39)35(29(17-44)47-4)32(23)26(15-42)33(24)36(31)48-5/h6-12,37H,1H3/b34-28-,35-29-. The molecule has 0 aliphatic heterocycles. The van der Waals surface area contributed by atoms with E-state index in [0.29, 0.717) is 11.1 Å². The number of halogens is 2. The summed E-state index contributed by atoms with van der Waals surface area (Å²) < 4.78 is 28.0. The van der Waals surface area contributed by atoms with Crippen LogP contribution in [0, 0.1) is 89.9 Å². The van der Waals surface area contributed by atoms with Gasteiger partial charge in [0.05, 0.1) is 67.3 Å². The normalized spacial score (nSPS) is 14.5. The molecule has 0 saturated heterocycles. The summed E-state index contributed by atoms with van der Waals surface area (Å²) in [5, 5.41) is 50.6. The minimum absolute atomic E-state index is 0.00765. The van der Waals surface area contributed by atoms with Crippen molar-refractivity contribution < 1.29 is 8.78 Å². The SMILES string of the molecule is [C-]#[N+]C1=C(c2ccc(C)c([N+]#[C-])c2)/C(=C(/C#N)[N+]#[C-])c2cc3c(c(C#N)c21)/C(=C(/C#N)[N+]#[C-])C(c1ccc(C#N)c(C(F)F)c1)=C3C#N. The Morgan fingerprint density at radius 3 is 1.90 bits per heavy atom. The summed E-state index contributed by atoms with van der Waals surface area (Å²) in [5.41, 5.74) is -1.70. The van der Waals surface area contributed by atoms with Crippen LogP contribution in [0.2, 0.25) is 0 Å². The predicted octanol–water partition coefficient (Wildman–Crippen LogP) is 8.78. The second kappa shape index (κ2) is 12.1. The van der Waals surface area contributed by atoms with E-state index in [0.717, 1.165) is 12.1 Å². The van der Waals surface area contributed by atoms with Gasteiger partial charge in [-0.2, -0.15) is 15.8 Å². The molecule has 0 atom stereocenters. The predicted molar refractivity (Wildman–Crippen MR) is 169 cm³/mol. The molecule has 0 heterocycles. The summed E-state index contributed by atoms with van der Waals surface area (Å²) in [6.45, 7) is 33.0. The van der Waals surface area contributed by atoms with Gasteiger partial charge in [0.1, 0.15) is 6.07 Å². The molecule has 2 aliphatic rings. The second-order valence-corrected chi connectivity index (χ2v) is 10.1. The topological polar surface area (TPSA) is 136 Å². The highest BCUT2D eigenvalue weighted by Crippen LogP contribution is 2.57. The molecule has 218 valence electrons. The van der Waals surface area contributed by atoms with Gasteiger partial charge in [0.25, 0.3) is 17.8 Å². The molecule has 0 saturated carbocycles. The fourth-order valence-electron chi connectivity index (χ4n) is 5.90. The van der Waals surface area contributed by atoms with Crippen LogP contribution < -0.4 is 0 Å². The zero-order valence-electron chi connectivity index (χ0n) is 24.4. The average molecular weight is 620 g/mol. The fourth-order valence-corrected chi connectivity index (χ4v) is 5.90. The average Bonchev–Trinajstić information content (AvgIpc) is 3.61. The van der Waals surface area contributed by atoms with Crippen LogP contribution in [0.25, 0.3) is 52.9 Å². The maximum atomic E-state index is 14.0. The number of allylic oxidation sites excluding steroid dienone is 7. The number of aryl methyl sites for hydroxylation is 1. The molecule has 0 unspecified atom stereocenters. The summed E-state index contributed by atoms with van der Waals surface area (Å²) in [7, 11) is 0. The summed E-state index contributed by atoms with van der Waals surface area (Å²) in [6, 6.07) is 18.8. The number of alkyl halides is 2. The van der Waals surface area contributed by atoms with Crippen LogP contribution in [-0.4, -0.2) is 0 Å². The molecular weight excluding hydrogens is 608 g/mol. The van der Waals surface area contributed by atoms with Crippen molar-refractivity contribution in [1.82, 2.24) is 0 Å². The third kappa shape index (κ3) is 4.43. The largest absolute Gasteiger partial charge is 0.270 e. The highest BCUT2D eigenvalue weighted by molar-refractivity contribution is 6.30. The van der Waals surface area contributed by atoms with E-state index >= 15 is 0 Å². The molecule has 0 spiro atoms. The Morgan fingerprint density at radius 1 is 0.708 bits per heavy atom. The van der Waals surface area contributed by atoms with Crippen LogP contribution >= 0.6 is 0 Å². The van der Waals surface area contributed by atoms with Crippen LogP contribution in [-0.2, 0) is 0 Å². The number of nitriles is 5. The molecule has 3 aromatic carbocycles. The van der Waals surface area contributed by atoms with Crippen molar-refractivity contribution in [3.63, 3.8) is 0 Å². The molecule has 0 radical (unpaired) electrons. The monoisotopic (exact) mass is 619 g/mol. The molecule has 48 heavy (non-hydrogen) atoms. The summed E-state index contributed by atoms with van der Waals surface area (Å²) in [4.78, 5) is 13.9. The number of nitrogens with zero attached hydrogens (tertiary/aromatic N) is 9. The summed E-state index contributed by atoms with van der Waals surface area (Å²) in [5.74, 6) is 0. The van der Waals surface area contributed by atoms with Crippen molar-refractivity contribution in [2.45, 2.75) is 13.3 Å². The lowest BCUT2D eigenvalue weighted by molar-refractivity contribution is 0.151. The maximum absolute atomic E-state index is 14.0. The van der Waals surface area contributed by atoms with E-state index in [1.165, 1.54) is 18.2 Å². The number of hydrogen-bond donors (Lipinski definition) is 0. The Hall–Kier alpha value is -8.11. The third-order valence-corrected chi connectivity index (χ3v) is 7.90. The van der Waals surface area contributed by atoms with E-state index in [9.17, 15) is 35.1 Å². The van der Waals surface area contributed by atoms with Crippen LogP contribution in [0.1, 0.15) is 62.1 Å². The Morgan fingerprint density at radius 2 is 1.35 bits per heavy atom. The number of hydrogen-bond acceptors (Lipinski definition) is 5. The van der Waals surface area contributed by atoms with Gasteiger partial charge in [-0.15, -0.1) is 0 Å². The van der Waals surface area contributed by atoms with Gasteiger partial charge >= 0.3 is 0 Å². The van der Waals surface area contributed by atoms with Crippen LogP contribution in [0.15, 0.2) is 53.9 Å². The highest BCUT2D eigenvalue weighted by atomic mass is 19.3. The van der Waals surface area contributed by atoms with E-state index in [4.69, 9.17) is 26.3 Å². The molecule has 0 N–H and O–H groups in total. The highest BCUT2D eigenvalue weighted by Gasteiger charge is 2.40. The molecule has 9 nitrogen and oxygen atoms in total. The molecule has 0 aromatic heterocycles. The van der Waals surface area contributed by atoms with Crippen molar-refractivity contribution in [3.8, 4) is 30.3 Å². The molecular formula is C37H11F2N9. The van der Waals surface area contributed by atoms with Gasteiger partial charge in [-0.1, -0.05) is 18.2 Å². The van der Waals surface area contributed by atoms with E-state index < -0.39 is 23.4 Å². The zero-order valence-corrected chi connectivity index (χ0v) is 24.4. The van der Waals surface area contributed by atoms with Gasteiger partial charge in [0, 0.05) is 22.3 Å². The molecule has 2 aliphatic carbocycles. The van der Waals surface area contributed by atoms with Crippen LogP contribution in [0.3, 0.4) is 0 Å². The van der Waals surface area contributed by atoms with Crippen LogP contribution in [0.5, 0.6) is 0 Å². The van der Waals surface area contributed by atoms with Gasteiger partial charge in [-0.25, -0.2) is 38.7 Å².